The summed E-state index contributed by atoms with van der Waals surface area (Å²) >= 11 is 7.29. The average Bonchev–Trinajstić information content (AvgIpc) is 2.68. The van der Waals surface area contributed by atoms with Crippen molar-refractivity contribution in [1.82, 2.24) is 10.6 Å². The third-order valence-corrected chi connectivity index (χ3v) is 4.73. The number of hydrogen-bond acceptors (Lipinski definition) is 5. The van der Waals surface area contributed by atoms with E-state index < -0.39 is 0 Å². The standard InChI is InChI=1S/C19H20IN3O4S/c1-27-16-8-7-12(11-14(16)20)17(25)23-19(28)22-15-6-3-2-5-13(15)18(26)21-9-4-10-24/h2-3,5-8,11,24H,4,9-10H2,1H3,(H,21,26)(H2,22,23,25,28). The smallest absolute Gasteiger partial charge is 0.257 e. The molecule has 28 heavy (non-hydrogen) atoms. The number of rotatable bonds is 7. The molecule has 0 aromatic heterocycles. The fourth-order valence-corrected chi connectivity index (χ4v) is 3.24. The molecular formula is C19H20IN3O4S. The van der Waals surface area contributed by atoms with Gasteiger partial charge in [-0.3, -0.25) is 14.9 Å². The first-order chi connectivity index (χ1) is 13.5. The van der Waals surface area contributed by atoms with E-state index in [1.807, 2.05) is 0 Å². The molecule has 0 spiro atoms. The normalized spacial score (nSPS) is 10.1. The maximum atomic E-state index is 12.4. The molecule has 9 heteroatoms. The van der Waals surface area contributed by atoms with Crippen LogP contribution in [0, 0.1) is 3.57 Å². The van der Waals surface area contributed by atoms with Crippen molar-refractivity contribution in [2.75, 3.05) is 25.6 Å². The van der Waals surface area contributed by atoms with Crippen molar-refractivity contribution < 1.29 is 19.4 Å². The van der Waals surface area contributed by atoms with Gasteiger partial charge in [0.2, 0.25) is 0 Å². The first-order valence-electron chi connectivity index (χ1n) is 8.40. The van der Waals surface area contributed by atoms with Gasteiger partial charge in [-0.15, -0.1) is 0 Å². The molecule has 0 saturated carbocycles. The summed E-state index contributed by atoms with van der Waals surface area (Å²) in [6, 6.07) is 11.9. The molecule has 2 rings (SSSR count). The number of methoxy groups -OCH3 is 1. The number of amides is 2. The molecule has 0 bridgehead atoms. The lowest BCUT2D eigenvalue weighted by atomic mass is 10.1. The van der Waals surface area contributed by atoms with Crippen LogP contribution in [0.2, 0.25) is 0 Å². The fourth-order valence-electron chi connectivity index (χ4n) is 2.30. The second kappa shape index (κ2) is 10.9. The van der Waals surface area contributed by atoms with Gasteiger partial charge in [-0.1, -0.05) is 12.1 Å². The van der Waals surface area contributed by atoms with Gasteiger partial charge in [0, 0.05) is 18.7 Å². The van der Waals surface area contributed by atoms with Crippen molar-refractivity contribution >= 4 is 57.4 Å². The Kier molecular flexibility index (Phi) is 8.61. The third kappa shape index (κ3) is 6.14. The number of carbonyl (C=O) groups is 2. The third-order valence-electron chi connectivity index (χ3n) is 3.68. The van der Waals surface area contributed by atoms with Crippen LogP contribution < -0.4 is 20.7 Å². The zero-order valence-corrected chi connectivity index (χ0v) is 18.1. The Morgan fingerprint density at radius 3 is 2.61 bits per heavy atom. The number of ether oxygens (including phenoxy) is 1. The molecule has 0 aliphatic rings. The molecule has 2 aromatic rings. The van der Waals surface area contributed by atoms with E-state index in [0.29, 0.717) is 35.5 Å². The highest BCUT2D eigenvalue weighted by atomic mass is 127. The summed E-state index contributed by atoms with van der Waals surface area (Å²) in [6.07, 6.45) is 0.469. The van der Waals surface area contributed by atoms with Crippen LogP contribution in [0.25, 0.3) is 0 Å². The van der Waals surface area contributed by atoms with E-state index in [1.54, 1.807) is 49.6 Å². The molecule has 4 N–H and O–H groups in total. The first-order valence-corrected chi connectivity index (χ1v) is 9.89. The lowest BCUT2D eigenvalue weighted by molar-refractivity contribution is 0.0950. The monoisotopic (exact) mass is 513 g/mol. The van der Waals surface area contributed by atoms with E-state index in [-0.39, 0.29) is 23.5 Å². The summed E-state index contributed by atoms with van der Waals surface area (Å²) in [7, 11) is 1.56. The Morgan fingerprint density at radius 2 is 1.93 bits per heavy atom. The number of carbonyl (C=O) groups excluding carboxylic acids is 2. The molecule has 0 radical (unpaired) electrons. The Balaban J connectivity index is 2.04. The zero-order valence-electron chi connectivity index (χ0n) is 15.1. The van der Waals surface area contributed by atoms with Crippen molar-refractivity contribution in [3.8, 4) is 5.75 Å². The van der Waals surface area contributed by atoms with Gasteiger partial charge in [-0.25, -0.2) is 0 Å². The number of halogens is 1. The van der Waals surface area contributed by atoms with E-state index >= 15 is 0 Å². The Morgan fingerprint density at radius 1 is 1.18 bits per heavy atom. The van der Waals surface area contributed by atoms with E-state index in [2.05, 4.69) is 38.5 Å². The quantitative estimate of drug-likeness (QED) is 0.258. The van der Waals surface area contributed by atoms with Gasteiger partial charge in [0.25, 0.3) is 11.8 Å². The first kappa shape index (κ1) is 22.1. The van der Waals surface area contributed by atoms with Gasteiger partial charge in [0.15, 0.2) is 5.11 Å². The minimum Gasteiger partial charge on any atom is -0.496 e. The van der Waals surface area contributed by atoms with Crippen molar-refractivity contribution in [2.24, 2.45) is 0 Å². The van der Waals surface area contributed by atoms with E-state index in [4.69, 9.17) is 22.1 Å². The summed E-state index contributed by atoms with van der Waals surface area (Å²) in [5, 5.41) is 17.1. The number of aliphatic hydroxyl groups is 1. The topological polar surface area (TPSA) is 99.7 Å². The van der Waals surface area contributed by atoms with E-state index in [1.165, 1.54) is 0 Å². The van der Waals surface area contributed by atoms with Crippen LogP contribution >= 0.6 is 34.8 Å². The number of hydrogen-bond donors (Lipinski definition) is 4. The molecule has 0 heterocycles. The molecule has 0 saturated heterocycles. The number of thiocarbonyl (C=S) groups is 1. The minimum atomic E-state index is -0.372. The summed E-state index contributed by atoms with van der Waals surface area (Å²) in [4.78, 5) is 24.7. The molecule has 0 aliphatic heterocycles. The number of para-hydroxylation sites is 1. The van der Waals surface area contributed by atoms with Crippen LogP contribution in [-0.2, 0) is 0 Å². The number of anilines is 1. The largest absolute Gasteiger partial charge is 0.496 e. The zero-order chi connectivity index (χ0) is 20.5. The van der Waals surface area contributed by atoms with Gasteiger partial charge in [-0.2, -0.15) is 0 Å². The average molecular weight is 513 g/mol. The number of aliphatic hydroxyl groups excluding tert-OH is 1. The van der Waals surface area contributed by atoms with Crippen molar-refractivity contribution in [1.29, 1.82) is 0 Å². The molecule has 0 fully saturated rings. The Bertz CT molecular complexity index is 876. The van der Waals surface area contributed by atoms with Crippen LogP contribution in [0.1, 0.15) is 27.1 Å². The molecule has 2 amide bonds. The lowest BCUT2D eigenvalue weighted by Gasteiger charge is -2.14. The molecular weight excluding hydrogens is 493 g/mol. The van der Waals surface area contributed by atoms with E-state index in [9.17, 15) is 9.59 Å². The molecule has 0 atom stereocenters. The fraction of sp³-hybridized carbons (Fsp3) is 0.211. The molecule has 148 valence electrons. The highest BCUT2D eigenvalue weighted by Crippen LogP contribution is 2.21. The molecule has 2 aromatic carbocycles. The molecule has 0 aliphatic carbocycles. The highest BCUT2D eigenvalue weighted by molar-refractivity contribution is 14.1. The second-order valence-electron chi connectivity index (χ2n) is 5.64. The van der Waals surface area contributed by atoms with Crippen LogP contribution in [0.3, 0.4) is 0 Å². The summed E-state index contributed by atoms with van der Waals surface area (Å²) in [6.45, 7) is 0.363. The SMILES string of the molecule is COc1ccc(C(=O)NC(=S)Nc2ccccc2C(=O)NCCCO)cc1I. The van der Waals surface area contributed by atoms with Gasteiger partial charge in [0.1, 0.15) is 5.75 Å². The van der Waals surface area contributed by atoms with Crippen molar-refractivity contribution in [3.63, 3.8) is 0 Å². The molecule has 0 unspecified atom stereocenters. The van der Waals surface area contributed by atoms with Crippen LogP contribution in [0.15, 0.2) is 42.5 Å². The summed E-state index contributed by atoms with van der Waals surface area (Å²) < 4.78 is 5.98. The Labute approximate surface area is 182 Å². The van der Waals surface area contributed by atoms with Crippen LogP contribution in [0.4, 0.5) is 5.69 Å². The van der Waals surface area contributed by atoms with Crippen molar-refractivity contribution in [3.05, 3.63) is 57.2 Å². The van der Waals surface area contributed by atoms with Crippen molar-refractivity contribution in [2.45, 2.75) is 6.42 Å². The van der Waals surface area contributed by atoms with Gasteiger partial charge < -0.3 is 20.5 Å². The maximum absolute atomic E-state index is 12.4. The Hall–Kier alpha value is -2.24. The highest BCUT2D eigenvalue weighted by Gasteiger charge is 2.14. The predicted octanol–water partition coefficient (Wildman–Crippen LogP) is 2.54. The van der Waals surface area contributed by atoms with Gasteiger partial charge in [0.05, 0.1) is 21.9 Å². The molecule has 7 nitrogen and oxygen atoms in total. The summed E-state index contributed by atoms with van der Waals surface area (Å²) in [5.74, 6) is 0.0114. The van der Waals surface area contributed by atoms with Crippen LogP contribution in [0.5, 0.6) is 5.75 Å². The maximum Gasteiger partial charge on any atom is 0.257 e. The minimum absolute atomic E-state index is 0.000587. The number of benzene rings is 2. The second-order valence-corrected chi connectivity index (χ2v) is 7.21. The van der Waals surface area contributed by atoms with Gasteiger partial charge in [-0.05, 0) is 71.6 Å². The van der Waals surface area contributed by atoms with Crippen LogP contribution in [-0.4, -0.2) is 42.3 Å². The summed E-state index contributed by atoms with van der Waals surface area (Å²) in [5.41, 5.74) is 1.29. The lowest BCUT2D eigenvalue weighted by Crippen LogP contribution is -2.35. The number of nitrogens with one attached hydrogen (secondary N) is 3. The predicted molar refractivity (Wildman–Crippen MR) is 120 cm³/mol. The van der Waals surface area contributed by atoms with Gasteiger partial charge >= 0.3 is 0 Å². The van der Waals surface area contributed by atoms with E-state index in [0.717, 1.165) is 3.57 Å².